The first-order valence-electron chi connectivity index (χ1n) is 9.23. The molecule has 4 nitrogen and oxygen atoms in total. The first-order valence-corrected chi connectivity index (χ1v) is 10.0. The van der Waals surface area contributed by atoms with Gasteiger partial charge in [-0.15, -0.1) is 0 Å². The Balaban J connectivity index is 1.30. The molecule has 1 N–H and O–H groups in total. The van der Waals surface area contributed by atoms with Gasteiger partial charge >= 0.3 is 0 Å². The van der Waals surface area contributed by atoms with E-state index in [1.54, 1.807) is 12.4 Å². The summed E-state index contributed by atoms with van der Waals surface area (Å²) in [5.41, 5.74) is 0. The molecule has 0 unspecified atom stereocenters. The molecule has 2 fully saturated rings. The number of nitrogens with zero attached hydrogens (tertiary/aromatic N) is 3. The van der Waals surface area contributed by atoms with E-state index in [2.05, 4.69) is 36.1 Å². The molecule has 0 bridgehead atoms. The number of piperidine rings is 1. The maximum Gasteiger partial charge on any atom is 0.222 e. The second-order valence-corrected chi connectivity index (χ2v) is 8.10. The van der Waals surface area contributed by atoms with E-state index in [0.717, 1.165) is 28.8 Å². The standard InChI is InChI=1S/C18H29BrN4/c19-17-12-21-18(22-13-17)20-9-8-15-4-6-16(7-5-15)14-23-10-2-1-3-11-23/h12-13,15-16H,1-11,14H2,(H,20,21,22). The Bertz CT molecular complexity index is 451. The lowest BCUT2D eigenvalue weighted by Gasteiger charge is -2.34. The molecule has 3 rings (SSSR count). The smallest absolute Gasteiger partial charge is 0.222 e. The fourth-order valence-corrected chi connectivity index (χ4v) is 4.21. The van der Waals surface area contributed by atoms with Crippen molar-refractivity contribution in [3.05, 3.63) is 16.9 Å². The molecule has 1 aromatic rings. The van der Waals surface area contributed by atoms with Gasteiger partial charge in [0.25, 0.3) is 0 Å². The largest absolute Gasteiger partial charge is 0.354 e. The Kier molecular flexibility index (Phi) is 6.69. The van der Waals surface area contributed by atoms with E-state index in [0.29, 0.717) is 0 Å². The number of nitrogens with one attached hydrogen (secondary N) is 1. The van der Waals surface area contributed by atoms with Crippen molar-refractivity contribution in [3.8, 4) is 0 Å². The normalized spacial score (nSPS) is 26.1. The summed E-state index contributed by atoms with van der Waals surface area (Å²) in [6.07, 6.45) is 14.8. The summed E-state index contributed by atoms with van der Waals surface area (Å²) in [5.74, 6) is 2.58. The summed E-state index contributed by atoms with van der Waals surface area (Å²) in [6, 6.07) is 0. The van der Waals surface area contributed by atoms with Crippen LogP contribution in [0.2, 0.25) is 0 Å². The number of aromatic nitrogens is 2. The lowest BCUT2D eigenvalue weighted by molar-refractivity contribution is 0.158. The lowest BCUT2D eigenvalue weighted by Crippen LogP contribution is -2.35. The summed E-state index contributed by atoms with van der Waals surface area (Å²) >= 11 is 3.36. The summed E-state index contributed by atoms with van der Waals surface area (Å²) in [7, 11) is 0. The van der Waals surface area contributed by atoms with Crippen LogP contribution in [0.4, 0.5) is 5.95 Å². The van der Waals surface area contributed by atoms with Gasteiger partial charge in [0.05, 0.1) is 4.47 Å². The molecule has 128 valence electrons. The Morgan fingerprint density at radius 3 is 2.35 bits per heavy atom. The highest BCUT2D eigenvalue weighted by Gasteiger charge is 2.23. The van der Waals surface area contributed by atoms with Gasteiger partial charge in [0.15, 0.2) is 0 Å². The molecular formula is C18H29BrN4. The molecule has 2 aliphatic rings. The van der Waals surface area contributed by atoms with Crippen molar-refractivity contribution >= 4 is 21.9 Å². The van der Waals surface area contributed by atoms with Crippen LogP contribution in [0.25, 0.3) is 0 Å². The van der Waals surface area contributed by atoms with Gasteiger partial charge in [-0.2, -0.15) is 0 Å². The van der Waals surface area contributed by atoms with E-state index in [-0.39, 0.29) is 0 Å². The van der Waals surface area contributed by atoms with Crippen LogP contribution in [0, 0.1) is 11.8 Å². The predicted octanol–water partition coefficient (Wildman–Crippen LogP) is 4.33. The zero-order chi connectivity index (χ0) is 15.9. The number of likely N-dealkylation sites (tertiary alicyclic amines) is 1. The molecule has 0 aromatic carbocycles. The van der Waals surface area contributed by atoms with Gasteiger partial charge in [-0.3, -0.25) is 0 Å². The quantitative estimate of drug-likeness (QED) is 0.796. The van der Waals surface area contributed by atoms with Crippen LogP contribution in [-0.4, -0.2) is 41.0 Å². The van der Waals surface area contributed by atoms with Crippen molar-refractivity contribution in [1.82, 2.24) is 14.9 Å². The van der Waals surface area contributed by atoms with Crippen molar-refractivity contribution in [2.45, 2.75) is 51.4 Å². The topological polar surface area (TPSA) is 41.1 Å². The average molecular weight is 381 g/mol. The SMILES string of the molecule is Brc1cnc(NCCC2CCC(CN3CCCCC3)CC2)nc1. The molecule has 23 heavy (non-hydrogen) atoms. The summed E-state index contributed by atoms with van der Waals surface area (Å²) in [5, 5.41) is 3.34. The van der Waals surface area contributed by atoms with Crippen LogP contribution in [0.3, 0.4) is 0 Å². The average Bonchev–Trinajstić information content (AvgIpc) is 2.59. The summed E-state index contributed by atoms with van der Waals surface area (Å²) < 4.78 is 0.926. The van der Waals surface area contributed by atoms with E-state index in [1.165, 1.54) is 71.0 Å². The van der Waals surface area contributed by atoms with E-state index in [9.17, 15) is 0 Å². The van der Waals surface area contributed by atoms with Crippen LogP contribution < -0.4 is 5.32 Å². The van der Waals surface area contributed by atoms with Crippen LogP contribution >= 0.6 is 15.9 Å². The van der Waals surface area contributed by atoms with Gasteiger partial charge in [-0.25, -0.2) is 9.97 Å². The number of anilines is 1. The Hall–Kier alpha value is -0.680. The van der Waals surface area contributed by atoms with E-state index >= 15 is 0 Å². The van der Waals surface area contributed by atoms with Crippen LogP contribution in [0.1, 0.15) is 51.4 Å². The molecule has 1 aliphatic heterocycles. The fourth-order valence-electron chi connectivity index (χ4n) is 4.00. The van der Waals surface area contributed by atoms with Crippen molar-refractivity contribution in [2.24, 2.45) is 11.8 Å². The fraction of sp³-hybridized carbons (Fsp3) is 0.778. The maximum absolute atomic E-state index is 4.26. The Labute approximate surface area is 148 Å². The van der Waals surface area contributed by atoms with Gasteiger partial charge in [0.1, 0.15) is 0 Å². The number of hydrogen-bond donors (Lipinski definition) is 1. The maximum atomic E-state index is 4.26. The summed E-state index contributed by atoms with van der Waals surface area (Å²) in [6.45, 7) is 5.04. The minimum absolute atomic E-state index is 0.743. The van der Waals surface area contributed by atoms with E-state index in [4.69, 9.17) is 0 Å². The number of hydrogen-bond acceptors (Lipinski definition) is 4. The third kappa shape index (κ3) is 5.71. The molecule has 0 spiro atoms. The number of halogens is 1. The van der Waals surface area contributed by atoms with Crippen LogP contribution in [0.5, 0.6) is 0 Å². The highest BCUT2D eigenvalue weighted by atomic mass is 79.9. The lowest BCUT2D eigenvalue weighted by atomic mass is 9.80. The minimum Gasteiger partial charge on any atom is -0.354 e. The zero-order valence-corrected chi connectivity index (χ0v) is 15.6. The molecule has 0 amide bonds. The van der Waals surface area contributed by atoms with Crippen molar-refractivity contribution in [2.75, 3.05) is 31.5 Å². The van der Waals surface area contributed by atoms with E-state index < -0.39 is 0 Å². The van der Waals surface area contributed by atoms with E-state index in [1.807, 2.05) is 0 Å². The Morgan fingerprint density at radius 2 is 1.65 bits per heavy atom. The summed E-state index contributed by atoms with van der Waals surface area (Å²) in [4.78, 5) is 11.2. The molecule has 0 radical (unpaired) electrons. The molecular weight excluding hydrogens is 352 g/mol. The van der Waals surface area contributed by atoms with Crippen molar-refractivity contribution in [1.29, 1.82) is 0 Å². The Morgan fingerprint density at radius 1 is 1.00 bits per heavy atom. The molecule has 1 saturated heterocycles. The molecule has 0 atom stereocenters. The minimum atomic E-state index is 0.743. The highest BCUT2D eigenvalue weighted by molar-refractivity contribution is 9.10. The van der Waals surface area contributed by atoms with Crippen molar-refractivity contribution in [3.63, 3.8) is 0 Å². The zero-order valence-electron chi connectivity index (χ0n) is 14.0. The van der Waals surface area contributed by atoms with Gasteiger partial charge in [0.2, 0.25) is 5.95 Å². The molecule has 5 heteroatoms. The molecule has 2 heterocycles. The second kappa shape index (κ2) is 8.97. The molecule has 1 aromatic heterocycles. The number of rotatable bonds is 6. The highest BCUT2D eigenvalue weighted by Crippen LogP contribution is 2.31. The molecule has 1 saturated carbocycles. The first kappa shape index (κ1) is 17.2. The van der Waals surface area contributed by atoms with Gasteiger partial charge < -0.3 is 10.2 Å². The third-order valence-electron chi connectivity index (χ3n) is 5.39. The first-order chi connectivity index (χ1) is 11.3. The van der Waals surface area contributed by atoms with Gasteiger partial charge in [-0.05, 0) is 73.0 Å². The monoisotopic (exact) mass is 380 g/mol. The second-order valence-electron chi connectivity index (χ2n) is 7.19. The van der Waals surface area contributed by atoms with Crippen LogP contribution in [-0.2, 0) is 0 Å². The van der Waals surface area contributed by atoms with Crippen LogP contribution in [0.15, 0.2) is 16.9 Å². The van der Waals surface area contributed by atoms with Crippen molar-refractivity contribution < 1.29 is 0 Å². The third-order valence-corrected chi connectivity index (χ3v) is 5.80. The molecule has 1 aliphatic carbocycles. The van der Waals surface area contributed by atoms with Gasteiger partial charge in [0, 0.05) is 25.5 Å². The van der Waals surface area contributed by atoms with Gasteiger partial charge in [-0.1, -0.05) is 19.3 Å². The predicted molar refractivity (Wildman–Crippen MR) is 98.6 cm³/mol.